The molecule has 0 saturated carbocycles. The highest BCUT2D eigenvalue weighted by Gasteiger charge is 2.36. The lowest BCUT2D eigenvalue weighted by molar-refractivity contribution is -0.146. The molecule has 10 nitrogen and oxygen atoms in total. The zero-order valence-corrected chi connectivity index (χ0v) is 20.2. The fourth-order valence-electron chi connectivity index (χ4n) is 4.96. The first kappa shape index (κ1) is 25.8. The molecule has 1 aromatic rings. The fraction of sp³-hybridized carbons (Fsp3) is 0.625. The predicted molar refractivity (Wildman–Crippen MR) is 129 cm³/mol. The van der Waals surface area contributed by atoms with E-state index < -0.39 is 0 Å². The van der Waals surface area contributed by atoms with Crippen LogP contribution in [0.2, 0.25) is 0 Å². The number of nitrogens with zero attached hydrogens (tertiary/aromatic N) is 4. The number of carbonyl (C=O) groups excluding carboxylic acids is 2. The highest BCUT2D eigenvalue weighted by Crippen LogP contribution is 2.28. The largest absolute Gasteiger partial charge is 0.466 e. The molecule has 0 aromatic heterocycles. The molecule has 3 rings (SSSR count). The van der Waals surface area contributed by atoms with E-state index in [1.807, 2.05) is 31.2 Å². The van der Waals surface area contributed by atoms with Crippen molar-refractivity contribution in [3.8, 4) is 0 Å². The van der Waals surface area contributed by atoms with Crippen molar-refractivity contribution in [1.29, 1.82) is 0 Å². The quantitative estimate of drug-likeness (QED) is 0.178. The smallest absolute Gasteiger partial charge is 0.320 e. The van der Waals surface area contributed by atoms with E-state index >= 15 is 0 Å². The summed E-state index contributed by atoms with van der Waals surface area (Å²) >= 11 is 0. The second-order valence-electron chi connectivity index (χ2n) is 8.72. The number of esters is 2. The third-order valence-corrected chi connectivity index (χ3v) is 6.59. The van der Waals surface area contributed by atoms with Crippen molar-refractivity contribution in [1.82, 2.24) is 9.80 Å². The van der Waals surface area contributed by atoms with Crippen molar-refractivity contribution in [3.63, 3.8) is 0 Å². The molecule has 2 aliphatic rings. The molecular weight excluding hydrogens is 438 g/mol. The van der Waals surface area contributed by atoms with Gasteiger partial charge in [0, 0.05) is 56.6 Å². The van der Waals surface area contributed by atoms with Crippen LogP contribution in [0.15, 0.2) is 29.4 Å². The molecule has 188 valence electrons. The van der Waals surface area contributed by atoms with Crippen molar-refractivity contribution in [3.05, 3.63) is 29.8 Å². The number of rotatable bonds is 9. The van der Waals surface area contributed by atoms with Crippen molar-refractivity contribution in [2.75, 3.05) is 63.9 Å². The van der Waals surface area contributed by atoms with Gasteiger partial charge in [-0.1, -0.05) is 5.16 Å². The minimum atomic E-state index is -0.220. The van der Waals surface area contributed by atoms with E-state index in [9.17, 15) is 9.59 Å². The molecule has 0 radical (unpaired) electrons. The Balaban J connectivity index is 1.60. The van der Waals surface area contributed by atoms with Crippen LogP contribution in [0.1, 0.15) is 32.3 Å². The van der Waals surface area contributed by atoms with Crippen LogP contribution in [0.3, 0.4) is 0 Å². The predicted octanol–water partition coefficient (Wildman–Crippen LogP) is 1.11. The molecule has 2 fully saturated rings. The molecule has 2 heterocycles. The molecule has 10 heteroatoms. The first-order chi connectivity index (χ1) is 16.4. The number of ether oxygens (including phenoxy) is 2. The number of amidine groups is 1. The van der Waals surface area contributed by atoms with E-state index in [2.05, 4.69) is 19.9 Å². The number of piperazine rings is 1. The minimum Gasteiger partial charge on any atom is -0.466 e. The van der Waals surface area contributed by atoms with E-state index in [1.54, 1.807) is 6.92 Å². The van der Waals surface area contributed by atoms with Gasteiger partial charge in [-0.2, -0.15) is 0 Å². The summed E-state index contributed by atoms with van der Waals surface area (Å²) in [4.78, 5) is 31.2. The van der Waals surface area contributed by atoms with Crippen LogP contribution < -0.4 is 10.6 Å². The lowest BCUT2D eigenvalue weighted by Crippen LogP contribution is -2.57. The molecule has 2 aliphatic heterocycles. The summed E-state index contributed by atoms with van der Waals surface area (Å²) in [5.74, 6) is -0.200. The van der Waals surface area contributed by atoms with Crippen molar-refractivity contribution >= 4 is 23.5 Å². The Hall–Kier alpha value is -2.85. The lowest BCUT2D eigenvalue weighted by atomic mass is 9.87. The normalized spacial score (nSPS) is 22.4. The molecule has 3 N–H and O–H groups in total. The van der Waals surface area contributed by atoms with Gasteiger partial charge in [0.2, 0.25) is 0 Å². The maximum Gasteiger partial charge on any atom is 0.320 e. The molecule has 0 aliphatic carbocycles. The van der Waals surface area contributed by atoms with Gasteiger partial charge < -0.3 is 25.3 Å². The van der Waals surface area contributed by atoms with E-state index in [-0.39, 0.29) is 36.3 Å². The van der Waals surface area contributed by atoms with Gasteiger partial charge in [0.25, 0.3) is 0 Å². The molecule has 0 amide bonds. The molecular formula is C24H37N5O5. The summed E-state index contributed by atoms with van der Waals surface area (Å²) in [6.45, 7) is 9.64. The molecule has 34 heavy (non-hydrogen) atoms. The highest BCUT2D eigenvalue weighted by atomic mass is 16.5. The van der Waals surface area contributed by atoms with Gasteiger partial charge in [0.05, 0.1) is 26.2 Å². The van der Waals surface area contributed by atoms with Gasteiger partial charge in [-0.3, -0.25) is 19.4 Å². The van der Waals surface area contributed by atoms with Crippen LogP contribution in [0, 0.1) is 5.92 Å². The van der Waals surface area contributed by atoms with E-state index in [0.717, 1.165) is 44.8 Å². The van der Waals surface area contributed by atoms with Crippen molar-refractivity contribution in [2.24, 2.45) is 16.8 Å². The number of nitrogens with two attached hydrogens (primary N) is 1. The van der Waals surface area contributed by atoms with Crippen LogP contribution in [0.5, 0.6) is 0 Å². The van der Waals surface area contributed by atoms with E-state index in [1.165, 1.54) is 0 Å². The summed E-state index contributed by atoms with van der Waals surface area (Å²) in [5, 5.41) is 11.9. The lowest BCUT2D eigenvalue weighted by Gasteiger charge is -2.46. The second-order valence-corrected chi connectivity index (χ2v) is 8.72. The number of anilines is 1. The van der Waals surface area contributed by atoms with Gasteiger partial charge >= 0.3 is 11.9 Å². The van der Waals surface area contributed by atoms with E-state index in [4.69, 9.17) is 20.4 Å². The maximum absolute atomic E-state index is 12.3. The van der Waals surface area contributed by atoms with Crippen LogP contribution >= 0.6 is 0 Å². The van der Waals surface area contributed by atoms with Gasteiger partial charge in [-0.05, 0) is 50.5 Å². The van der Waals surface area contributed by atoms with E-state index in [0.29, 0.717) is 31.7 Å². The molecule has 0 unspecified atom stereocenters. The number of likely N-dealkylation sites (tertiary alicyclic amines) is 1. The van der Waals surface area contributed by atoms with Crippen LogP contribution in [0.4, 0.5) is 5.69 Å². The van der Waals surface area contributed by atoms with Crippen LogP contribution in [-0.4, -0.2) is 97.9 Å². The Labute approximate surface area is 201 Å². The molecule has 2 saturated heterocycles. The number of hydrogen-bond donors (Lipinski definition) is 2. The number of oxime groups is 1. The number of carbonyl (C=O) groups is 2. The Kier molecular flexibility index (Phi) is 9.52. The monoisotopic (exact) mass is 475 g/mol. The Bertz CT molecular complexity index is 839. The second kappa shape index (κ2) is 12.6. The van der Waals surface area contributed by atoms with Gasteiger partial charge in [0.15, 0.2) is 5.84 Å². The number of hydrogen-bond acceptors (Lipinski definition) is 9. The van der Waals surface area contributed by atoms with Gasteiger partial charge in [0.1, 0.15) is 0 Å². The average Bonchev–Trinajstić information content (AvgIpc) is 2.84. The van der Waals surface area contributed by atoms with Crippen molar-refractivity contribution < 1.29 is 24.3 Å². The van der Waals surface area contributed by atoms with Crippen LogP contribution in [-0.2, 0) is 19.1 Å². The minimum absolute atomic E-state index is 0.0957. The zero-order chi connectivity index (χ0) is 24.5. The molecule has 1 aromatic carbocycles. The Morgan fingerprint density at radius 1 is 1.03 bits per heavy atom. The summed E-state index contributed by atoms with van der Waals surface area (Å²) in [7, 11) is 0. The molecule has 2 atom stereocenters. The van der Waals surface area contributed by atoms with Crippen molar-refractivity contribution in [2.45, 2.75) is 32.7 Å². The van der Waals surface area contributed by atoms with Gasteiger partial charge in [-0.25, -0.2) is 0 Å². The average molecular weight is 476 g/mol. The Morgan fingerprint density at radius 3 is 2.29 bits per heavy atom. The fourth-order valence-corrected chi connectivity index (χ4v) is 4.96. The van der Waals surface area contributed by atoms with Crippen LogP contribution in [0.25, 0.3) is 0 Å². The SMILES string of the molecule is CCOC(=O)C[C@@H]1CN(CC(=O)OCC)CC[C@@H]1N1CCN(c2ccc(C(N)=NO)cc2)CC1. The third-order valence-electron chi connectivity index (χ3n) is 6.59. The summed E-state index contributed by atoms with van der Waals surface area (Å²) in [6, 6.07) is 7.95. The standard InChI is InChI=1S/C24H37N5O5/c1-3-33-22(30)15-19-16-27(17-23(31)34-4-2)10-9-21(19)29-13-11-28(12-14-29)20-7-5-18(6-8-20)24(25)26-32/h5-8,19,21,32H,3-4,9-17H2,1-2H3,(H2,25,26)/t19-,21+/m1/s1. The molecule has 0 bridgehead atoms. The first-order valence-corrected chi connectivity index (χ1v) is 12.1. The summed E-state index contributed by atoms with van der Waals surface area (Å²) < 4.78 is 10.3. The Morgan fingerprint density at radius 2 is 1.68 bits per heavy atom. The van der Waals surface area contributed by atoms with Gasteiger partial charge in [-0.15, -0.1) is 0 Å². The molecule has 0 spiro atoms. The summed E-state index contributed by atoms with van der Waals surface area (Å²) in [5.41, 5.74) is 7.44. The topological polar surface area (TPSA) is 121 Å². The zero-order valence-electron chi connectivity index (χ0n) is 20.2. The summed E-state index contributed by atoms with van der Waals surface area (Å²) in [6.07, 6.45) is 1.26. The third kappa shape index (κ3) is 6.83. The highest BCUT2D eigenvalue weighted by molar-refractivity contribution is 5.97. The number of piperidine rings is 1. The maximum atomic E-state index is 12.3. The first-order valence-electron chi connectivity index (χ1n) is 12.1. The number of benzene rings is 1.